The van der Waals surface area contributed by atoms with Gasteiger partial charge in [-0.2, -0.15) is 0 Å². The molecule has 7 nitrogen and oxygen atoms in total. The van der Waals surface area contributed by atoms with Gasteiger partial charge in [-0.3, -0.25) is 14.5 Å². The molecule has 6 rings (SSSR count). The second-order valence-corrected chi connectivity index (χ2v) is 11.5. The van der Waals surface area contributed by atoms with Gasteiger partial charge in [0.05, 0.1) is 41.5 Å². The Labute approximate surface area is 226 Å². The molecule has 1 saturated carbocycles. The molecule has 0 spiro atoms. The van der Waals surface area contributed by atoms with E-state index in [1.54, 1.807) is 12.0 Å². The lowest BCUT2D eigenvalue weighted by Gasteiger charge is -2.35. The summed E-state index contributed by atoms with van der Waals surface area (Å²) in [5.74, 6) is 1.22. The zero-order valence-electron chi connectivity index (χ0n) is 22.2. The van der Waals surface area contributed by atoms with Crippen LogP contribution in [0.4, 0.5) is 5.13 Å². The number of Topliss-reactive ketones (excluding diaryl/α,β-unsaturated/α-hetero) is 1. The molecule has 3 aromatic rings. The first-order valence-electron chi connectivity index (χ1n) is 13.4. The predicted octanol–water partition coefficient (Wildman–Crippen LogP) is 6.33. The van der Waals surface area contributed by atoms with Gasteiger partial charge in [0.2, 0.25) is 0 Å². The van der Waals surface area contributed by atoms with E-state index in [0.717, 1.165) is 41.5 Å². The Morgan fingerprint density at radius 3 is 2.68 bits per heavy atom. The topological polar surface area (TPSA) is 78.0 Å². The number of rotatable bonds is 6. The number of hydrogen-bond donors (Lipinski definition) is 0. The van der Waals surface area contributed by atoms with Crippen molar-refractivity contribution < 1.29 is 23.8 Å². The van der Waals surface area contributed by atoms with Gasteiger partial charge in [-0.25, -0.2) is 4.98 Å². The molecule has 0 N–H and O–H groups in total. The van der Waals surface area contributed by atoms with E-state index in [1.165, 1.54) is 16.9 Å². The largest absolute Gasteiger partial charge is 0.493 e. The quantitative estimate of drug-likeness (QED) is 0.369. The van der Waals surface area contributed by atoms with Crippen LogP contribution in [0.2, 0.25) is 0 Å². The van der Waals surface area contributed by atoms with Crippen LogP contribution in [0.15, 0.2) is 47.7 Å². The number of ether oxygens (including phenoxy) is 3. The van der Waals surface area contributed by atoms with Crippen molar-refractivity contribution in [3.8, 4) is 11.5 Å². The first-order valence-corrected chi connectivity index (χ1v) is 14.2. The number of ketones is 1. The van der Waals surface area contributed by atoms with Crippen molar-refractivity contribution in [2.45, 2.75) is 64.5 Å². The molecule has 1 fully saturated rings. The maximum absolute atomic E-state index is 14.0. The van der Waals surface area contributed by atoms with Gasteiger partial charge in [-0.15, -0.1) is 0 Å². The third-order valence-electron chi connectivity index (χ3n) is 7.84. The average molecular weight is 533 g/mol. The number of methoxy groups -OCH3 is 1. The van der Waals surface area contributed by atoms with Crippen LogP contribution in [0.1, 0.15) is 69.5 Å². The molecule has 38 heavy (non-hydrogen) atoms. The fourth-order valence-electron chi connectivity index (χ4n) is 5.88. The fraction of sp³-hybridized carbons (Fsp3) is 0.433. The van der Waals surface area contributed by atoms with Crippen LogP contribution in [0.5, 0.6) is 11.5 Å². The van der Waals surface area contributed by atoms with E-state index >= 15 is 0 Å². The molecule has 2 aliphatic heterocycles. The van der Waals surface area contributed by atoms with Crippen LogP contribution in [0, 0.1) is 5.92 Å². The molecule has 0 radical (unpaired) electrons. The van der Waals surface area contributed by atoms with Crippen molar-refractivity contribution in [3.05, 3.63) is 58.9 Å². The Morgan fingerprint density at radius 1 is 1.11 bits per heavy atom. The molecule has 3 atom stereocenters. The van der Waals surface area contributed by atoms with Crippen molar-refractivity contribution in [2.75, 3.05) is 18.6 Å². The number of thiazole rings is 1. The number of benzene rings is 2. The first kappa shape index (κ1) is 24.9. The maximum atomic E-state index is 14.0. The second-order valence-electron chi connectivity index (χ2n) is 10.5. The number of anilines is 1. The number of amides is 1. The number of nitrogens with zero attached hydrogens (tertiary/aromatic N) is 2. The standard InChI is InChI=1S/C30H32N2O5S/c1-5-36-22-13-11-18(14-23(22)35-4)26-25-27(33)19-8-6-7-9-21(19)37-28(25)29(34)32(26)30-31-20-12-10-17(16(2)3)15-24(20)38-30/h10-16,19,21,26H,5-9H2,1-4H3. The smallest absolute Gasteiger partial charge is 0.296 e. The minimum absolute atomic E-state index is 0.0212. The zero-order valence-corrected chi connectivity index (χ0v) is 23.0. The summed E-state index contributed by atoms with van der Waals surface area (Å²) >= 11 is 1.47. The van der Waals surface area contributed by atoms with E-state index in [-0.39, 0.29) is 29.5 Å². The molecule has 1 aliphatic carbocycles. The normalized spacial score (nSPS) is 23.1. The van der Waals surface area contributed by atoms with Crippen molar-refractivity contribution in [3.63, 3.8) is 0 Å². The Morgan fingerprint density at radius 2 is 1.92 bits per heavy atom. The summed E-state index contributed by atoms with van der Waals surface area (Å²) in [5.41, 5.74) is 3.24. The van der Waals surface area contributed by atoms with Crippen molar-refractivity contribution in [1.29, 1.82) is 0 Å². The van der Waals surface area contributed by atoms with E-state index in [1.807, 2.05) is 31.2 Å². The SMILES string of the molecule is CCOc1ccc(C2C3=C(OC4CCCCC4C3=O)C(=O)N2c2nc3ccc(C(C)C)cc3s2)cc1OC. The predicted molar refractivity (Wildman–Crippen MR) is 147 cm³/mol. The fourth-order valence-corrected chi connectivity index (χ4v) is 6.92. The summed E-state index contributed by atoms with van der Waals surface area (Å²) in [6.45, 7) is 6.72. The third kappa shape index (κ3) is 3.97. The molecular formula is C30H32N2O5S. The Hall–Kier alpha value is -3.39. The van der Waals surface area contributed by atoms with Gasteiger partial charge in [0, 0.05) is 0 Å². The molecule has 3 aliphatic rings. The molecule has 3 unspecified atom stereocenters. The van der Waals surface area contributed by atoms with Gasteiger partial charge in [-0.1, -0.05) is 43.7 Å². The highest BCUT2D eigenvalue weighted by Crippen LogP contribution is 2.50. The van der Waals surface area contributed by atoms with Crippen LogP contribution in [0.25, 0.3) is 10.2 Å². The second kappa shape index (κ2) is 9.73. The highest BCUT2D eigenvalue weighted by Gasteiger charge is 2.53. The Balaban J connectivity index is 1.50. The van der Waals surface area contributed by atoms with Crippen molar-refractivity contribution >= 4 is 38.4 Å². The van der Waals surface area contributed by atoms with Crippen LogP contribution in [-0.4, -0.2) is 36.5 Å². The summed E-state index contributed by atoms with van der Waals surface area (Å²) in [4.78, 5) is 34.5. The summed E-state index contributed by atoms with van der Waals surface area (Å²) in [6, 6.07) is 11.2. The highest BCUT2D eigenvalue weighted by molar-refractivity contribution is 7.22. The van der Waals surface area contributed by atoms with Crippen LogP contribution in [0.3, 0.4) is 0 Å². The molecule has 1 aromatic heterocycles. The van der Waals surface area contributed by atoms with Gasteiger partial charge in [0.25, 0.3) is 5.91 Å². The summed E-state index contributed by atoms with van der Waals surface area (Å²) in [7, 11) is 1.59. The van der Waals surface area contributed by atoms with Crippen molar-refractivity contribution in [1.82, 2.24) is 4.98 Å². The Kier molecular flexibility index (Phi) is 6.38. The Bertz CT molecular complexity index is 1460. The minimum atomic E-state index is -0.650. The molecule has 1 amide bonds. The van der Waals surface area contributed by atoms with E-state index in [0.29, 0.717) is 34.7 Å². The minimum Gasteiger partial charge on any atom is -0.493 e. The number of fused-ring (bicyclic) bond motifs is 2. The number of hydrogen-bond acceptors (Lipinski definition) is 7. The lowest BCUT2D eigenvalue weighted by atomic mass is 9.77. The number of aromatic nitrogens is 1. The van der Waals surface area contributed by atoms with E-state index in [4.69, 9.17) is 19.2 Å². The lowest BCUT2D eigenvalue weighted by molar-refractivity contribution is -0.131. The third-order valence-corrected chi connectivity index (χ3v) is 8.86. The molecule has 3 heterocycles. The van der Waals surface area contributed by atoms with Gasteiger partial charge < -0.3 is 14.2 Å². The summed E-state index contributed by atoms with van der Waals surface area (Å²) < 4.78 is 18.7. The molecule has 198 valence electrons. The molecule has 2 aromatic carbocycles. The molecule has 0 saturated heterocycles. The average Bonchev–Trinajstić information content (AvgIpc) is 3.47. The van der Waals surface area contributed by atoms with Crippen LogP contribution >= 0.6 is 11.3 Å². The lowest BCUT2D eigenvalue weighted by Crippen LogP contribution is -2.39. The highest BCUT2D eigenvalue weighted by atomic mass is 32.1. The van der Waals surface area contributed by atoms with Crippen LogP contribution < -0.4 is 14.4 Å². The van der Waals surface area contributed by atoms with Crippen molar-refractivity contribution in [2.24, 2.45) is 5.92 Å². The van der Waals surface area contributed by atoms with Crippen LogP contribution in [-0.2, 0) is 14.3 Å². The van der Waals surface area contributed by atoms with E-state index in [2.05, 4.69) is 26.0 Å². The summed E-state index contributed by atoms with van der Waals surface area (Å²) in [5, 5.41) is 0.553. The first-order chi connectivity index (χ1) is 18.4. The van der Waals surface area contributed by atoms with Gasteiger partial charge >= 0.3 is 0 Å². The van der Waals surface area contributed by atoms with E-state index < -0.39 is 6.04 Å². The van der Waals surface area contributed by atoms with E-state index in [9.17, 15) is 9.59 Å². The van der Waals surface area contributed by atoms with Gasteiger partial charge in [0.1, 0.15) is 6.10 Å². The molecule has 0 bridgehead atoms. The van der Waals surface area contributed by atoms with Gasteiger partial charge in [0.15, 0.2) is 28.2 Å². The number of carbonyl (C=O) groups is 2. The maximum Gasteiger partial charge on any atom is 0.296 e. The molecule has 8 heteroatoms. The summed E-state index contributed by atoms with van der Waals surface area (Å²) in [6.07, 6.45) is 3.34. The molecular weight excluding hydrogens is 500 g/mol. The monoisotopic (exact) mass is 532 g/mol. The zero-order chi connectivity index (χ0) is 26.6. The van der Waals surface area contributed by atoms with Gasteiger partial charge in [-0.05, 0) is 67.5 Å². The number of carbonyl (C=O) groups excluding carboxylic acids is 2.